The van der Waals surface area contributed by atoms with Crippen LogP contribution in [0.4, 0.5) is 0 Å². The summed E-state index contributed by atoms with van der Waals surface area (Å²) in [5.41, 5.74) is 0. The van der Waals surface area contributed by atoms with Gasteiger partial charge in [0, 0.05) is 18.5 Å². The summed E-state index contributed by atoms with van der Waals surface area (Å²) in [6.45, 7) is 5.71. The molecule has 1 aliphatic rings. The summed E-state index contributed by atoms with van der Waals surface area (Å²) in [6.07, 6.45) is 2.61. The Morgan fingerprint density at radius 3 is 2.76 bits per heavy atom. The fourth-order valence-electron chi connectivity index (χ4n) is 2.01. The minimum absolute atomic E-state index is 0.00463. The van der Waals surface area contributed by atoms with Gasteiger partial charge in [0.1, 0.15) is 0 Å². The summed E-state index contributed by atoms with van der Waals surface area (Å²) >= 11 is 0. The highest BCUT2D eigenvalue weighted by Gasteiger charge is 2.24. The Bertz CT molecular complexity index is 268. The molecule has 1 rings (SSSR count). The number of carbonyl (C=O) groups is 2. The van der Waals surface area contributed by atoms with E-state index in [-0.39, 0.29) is 24.3 Å². The van der Waals surface area contributed by atoms with Crippen LogP contribution in [0.2, 0.25) is 0 Å². The summed E-state index contributed by atoms with van der Waals surface area (Å²) in [6, 6.07) is 0.383. The van der Waals surface area contributed by atoms with E-state index in [0.29, 0.717) is 12.6 Å². The number of carbonyl (C=O) groups excluding carboxylic acids is 2. The van der Waals surface area contributed by atoms with Gasteiger partial charge in [-0.3, -0.25) is 9.59 Å². The molecule has 2 amide bonds. The van der Waals surface area contributed by atoms with Gasteiger partial charge in [0.2, 0.25) is 11.8 Å². The standard InChI is InChI=1S/C12H23N3O2/c1-3-5-14-11(16)8-15-12(17)10-4-6-13-9(2)7-10/h9-10,13H,3-8H2,1-2H3,(H,14,16)(H,15,17)/t9-,10-/m0/s1. The van der Waals surface area contributed by atoms with Gasteiger partial charge >= 0.3 is 0 Å². The number of hydrogen-bond donors (Lipinski definition) is 3. The van der Waals surface area contributed by atoms with Crippen molar-refractivity contribution in [2.75, 3.05) is 19.6 Å². The van der Waals surface area contributed by atoms with E-state index in [1.165, 1.54) is 0 Å². The van der Waals surface area contributed by atoms with Crippen molar-refractivity contribution in [3.05, 3.63) is 0 Å². The SMILES string of the molecule is CCCNC(=O)CNC(=O)[C@H]1CCN[C@@H](C)C1. The summed E-state index contributed by atoms with van der Waals surface area (Å²) in [5.74, 6) is -0.0580. The van der Waals surface area contributed by atoms with Crippen molar-refractivity contribution in [3.63, 3.8) is 0 Å². The molecule has 1 aliphatic heterocycles. The maximum atomic E-state index is 11.8. The van der Waals surface area contributed by atoms with Crippen LogP contribution in [0.3, 0.4) is 0 Å². The average molecular weight is 241 g/mol. The number of rotatable bonds is 5. The third kappa shape index (κ3) is 5.17. The molecule has 5 heteroatoms. The van der Waals surface area contributed by atoms with Gasteiger partial charge in [0.25, 0.3) is 0 Å². The number of hydrogen-bond acceptors (Lipinski definition) is 3. The van der Waals surface area contributed by atoms with Crippen LogP contribution in [-0.2, 0) is 9.59 Å². The van der Waals surface area contributed by atoms with Crippen molar-refractivity contribution in [2.45, 2.75) is 39.2 Å². The largest absolute Gasteiger partial charge is 0.355 e. The van der Waals surface area contributed by atoms with Crippen molar-refractivity contribution < 1.29 is 9.59 Å². The lowest BCUT2D eigenvalue weighted by molar-refractivity contribution is -0.129. The Kier molecular flexibility index (Phi) is 5.97. The Morgan fingerprint density at radius 2 is 2.12 bits per heavy atom. The van der Waals surface area contributed by atoms with Gasteiger partial charge < -0.3 is 16.0 Å². The second kappa shape index (κ2) is 7.27. The van der Waals surface area contributed by atoms with Gasteiger partial charge in [-0.1, -0.05) is 6.92 Å². The Labute approximate surface area is 103 Å². The van der Waals surface area contributed by atoms with Crippen molar-refractivity contribution in [2.24, 2.45) is 5.92 Å². The third-order valence-electron chi connectivity index (χ3n) is 2.99. The Hall–Kier alpha value is -1.10. The van der Waals surface area contributed by atoms with Gasteiger partial charge in [-0.2, -0.15) is 0 Å². The highest BCUT2D eigenvalue weighted by Crippen LogP contribution is 2.15. The first-order chi connectivity index (χ1) is 8.13. The highest BCUT2D eigenvalue weighted by molar-refractivity contribution is 5.85. The molecule has 1 heterocycles. The van der Waals surface area contributed by atoms with E-state index in [1.807, 2.05) is 6.92 Å². The lowest BCUT2D eigenvalue weighted by atomic mass is 9.92. The molecule has 0 spiro atoms. The molecule has 0 radical (unpaired) electrons. The average Bonchev–Trinajstić information content (AvgIpc) is 2.33. The monoisotopic (exact) mass is 241 g/mol. The van der Waals surface area contributed by atoms with E-state index in [0.717, 1.165) is 25.8 Å². The summed E-state index contributed by atoms with van der Waals surface area (Å²) in [4.78, 5) is 23.1. The van der Waals surface area contributed by atoms with Crippen LogP contribution in [0.25, 0.3) is 0 Å². The molecule has 0 saturated carbocycles. The van der Waals surface area contributed by atoms with Crippen LogP contribution in [0.1, 0.15) is 33.1 Å². The molecule has 17 heavy (non-hydrogen) atoms. The molecule has 0 aliphatic carbocycles. The third-order valence-corrected chi connectivity index (χ3v) is 2.99. The Morgan fingerprint density at radius 1 is 1.35 bits per heavy atom. The molecule has 0 aromatic heterocycles. The molecule has 0 aromatic carbocycles. The maximum Gasteiger partial charge on any atom is 0.239 e. The zero-order valence-electron chi connectivity index (χ0n) is 10.7. The van der Waals surface area contributed by atoms with Gasteiger partial charge in [-0.05, 0) is 32.7 Å². The molecule has 5 nitrogen and oxygen atoms in total. The van der Waals surface area contributed by atoms with E-state index in [2.05, 4.69) is 22.9 Å². The smallest absolute Gasteiger partial charge is 0.239 e. The molecule has 1 saturated heterocycles. The van der Waals surface area contributed by atoms with Crippen LogP contribution in [0.15, 0.2) is 0 Å². The highest BCUT2D eigenvalue weighted by atomic mass is 16.2. The minimum atomic E-state index is -0.109. The molecule has 98 valence electrons. The second-order valence-corrected chi connectivity index (χ2v) is 4.64. The quantitative estimate of drug-likeness (QED) is 0.635. The number of amides is 2. The van der Waals surface area contributed by atoms with E-state index >= 15 is 0 Å². The lowest BCUT2D eigenvalue weighted by Crippen LogP contribution is -2.45. The maximum absolute atomic E-state index is 11.8. The molecule has 0 bridgehead atoms. The van der Waals surface area contributed by atoms with Crippen LogP contribution < -0.4 is 16.0 Å². The van der Waals surface area contributed by atoms with Gasteiger partial charge in [-0.15, -0.1) is 0 Å². The topological polar surface area (TPSA) is 70.2 Å². The predicted octanol–water partition coefficient (Wildman–Crippen LogP) is 0.0169. The van der Waals surface area contributed by atoms with Crippen molar-refractivity contribution in [3.8, 4) is 0 Å². The normalized spacial score (nSPS) is 24.1. The van der Waals surface area contributed by atoms with Crippen molar-refractivity contribution >= 4 is 11.8 Å². The Balaban J connectivity index is 2.22. The predicted molar refractivity (Wildman–Crippen MR) is 66.5 cm³/mol. The molecule has 1 fully saturated rings. The summed E-state index contributed by atoms with van der Waals surface area (Å²) < 4.78 is 0. The van der Waals surface area contributed by atoms with Crippen LogP contribution in [0.5, 0.6) is 0 Å². The van der Waals surface area contributed by atoms with E-state index in [4.69, 9.17) is 0 Å². The molecule has 3 N–H and O–H groups in total. The number of nitrogens with one attached hydrogen (secondary N) is 3. The first-order valence-electron chi connectivity index (χ1n) is 6.41. The van der Waals surface area contributed by atoms with Gasteiger partial charge in [-0.25, -0.2) is 0 Å². The fourth-order valence-corrected chi connectivity index (χ4v) is 2.01. The number of piperidine rings is 1. The van der Waals surface area contributed by atoms with Gasteiger partial charge in [0.05, 0.1) is 6.54 Å². The van der Waals surface area contributed by atoms with Crippen LogP contribution in [0, 0.1) is 5.92 Å². The molecule has 0 unspecified atom stereocenters. The lowest BCUT2D eigenvalue weighted by Gasteiger charge is -2.26. The van der Waals surface area contributed by atoms with E-state index in [9.17, 15) is 9.59 Å². The van der Waals surface area contributed by atoms with Crippen molar-refractivity contribution in [1.29, 1.82) is 0 Å². The first kappa shape index (κ1) is 14.0. The van der Waals surface area contributed by atoms with Crippen molar-refractivity contribution in [1.82, 2.24) is 16.0 Å². The summed E-state index contributed by atoms with van der Waals surface area (Å²) in [7, 11) is 0. The molecular weight excluding hydrogens is 218 g/mol. The molecule has 2 atom stereocenters. The van der Waals surface area contributed by atoms with Gasteiger partial charge in [0.15, 0.2) is 0 Å². The minimum Gasteiger partial charge on any atom is -0.355 e. The van der Waals surface area contributed by atoms with Crippen LogP contribution >= 0.6 is 0 Å². The first-order valence-corrected chi connectivity index (χ1v) is 6.41. The molecule has 0 aromatic rings. The zero-order chi connectivity index (χ0) is 12.7. The van der Waals surface area contributed by atoms with Crippen LogP contribution in [-0.4, -0.2) is 37.5 Å². The summed E-state index contributed by atoms with van der Waals surface area (Å²) in [5, 5.41) is 8.74. The fraction of sp³-hybridized carbons (Fsp3) is 0.833. The zero-order valence-corrected chi connectivity index (χ0v) is 10.7. The second-order valence-electron chi connectivity index (χ2n) is 4.64. The molecular formula is C12H23N3O2. The van der Waals surface area contributed by atoms with E-state index in [1.54, 1.807) is 0 Å². The van der Waals surface area contributed by atoms with E-state index < -0.39 is 0 Å².